The van der Waals surface area contributed by atoms with Crippen LogP contribution in [0.15, 0.2) is 79.5 Å². The zero-order valence-corrected chi connectivity index (χ0v) is 20.5. The number of benzene rings is 3. The van der Waals surface area contributed by atoms with Gasteiger partial charge in [-0.3, -0.25) is 4.79 Å². The van der Waals surface area contributed by atoms with Crippen LogP contribution in [0, 0.1) is 6.92 Å². The van der Waals surface area contributed by atoms with Gasteiger partial charge in [-0.1, -0.05) is 28.1 Å². The number of rotatable bonds is 6. The third-order valence-corrected chi connectivity index (χ3v) is 5.93. The van der Waals surface area contributed by atoms with E-state index in [1.54, 1.807) is 49.5 Å². The van der Waals surface area contributed by atoms with E-state index in [9.17, 15) is 9.59 Å². The smallest absolute Gasteiger partial charge is 0.335 e. The topological polar surface area (TPSA) is 93.8 Å². The number of ether oxygens (including phenoxy) is 1. The first-order chi connectivity index (χ1) is 15.8. The average molecular weight is 571 g/mol. The van der Waals surface area contributed by atoms with Crippen LogP contribution in [0.3, 0.4) is 0 Å². The maximum atomic E-state index is 12.9. The van der Waals surface area contributed by atoms with Crippen molar-refractivity contribution in [3.8, 4) is 5.75 Å². The third-order valence-electron chi connectivity index (χ3n) is 4.82. The zero-order chi connectivity index (χ0) is 23.5. The minimum absolute atomic E-state index is 0.211. The van der Waals surface area contributed by atoms with E-state index in [-0.39, 0.29) is 17.7 Å². The molecule has 0 unspecified atom stereocenters. The normalized spacial score (nSPS) is 11.2. The Balaban J connectivity index is 1.53. The van der Waals surface area contributed by atoms with Crippen molar-refractivity contribution in [3.63, 3.8) is 0 Å². The molecule has 1 aromatic heterocycles. The Labute approximate surface area is 205 Å². The van der Waals surface area contributed by atoms with Crippen molar-refractivity contribution in [2.75, 3.05) is 0 Å². The van der Waals surface area contributed by atoms with Gasteiger partial charge in [0, 0.05) is 4.47 Å². The van der Waals surface area contributed by atoms with Crippen molar-refractivity contribution in [1.82, 2.24) is 9.66 Å². The number of carboxylic acids is 1. The SMILES string of the molecule is Cc1nc2ccc(Br)cc2c(=O)n1N=Cc1ccc(OCc2cccc(C(=O)O)c2)c(Br)c1. The number of carbonyl (C=O) groups is 1. The van der Waals surface area contributed by atoms with Gasteiger partial charge in [0.25, 0.3) is 5.56 Å². The van der Waals surface area contributed by atoms with Crippen molar-refractivity contribution in [3.05, 3.63) is 102 Å². The lowest BCUT2D eigenvalue weighted by Crippen LogP contribution is -2.20. The minimum atomic E-state index is -0.981. The fourth-order valence-electron chi connectivity index (χ4n) is 3.19. The first kappa shape index (κ1) is 22.9. The Hall–Kier alpha value is -3.30. The van der Waals surface area contributed by atoms with Crippen molar-refractivity contribution >= 4 is 54.9 Å². The molecular weight excluding hydrogens is 554 g/mol. The van der Waals surface area contributed by atoms with Gasteiger partial charge in [-0.05, 0) is 82.5 Å². The lowest BCUT2D eigenvalue weighted by atomic mass is 10.1. The number of halogens is 2. The van der Waals surface area contributed by atoms with E-state index in [0.717, 1.165) is 15.6 Å². The molecule has 0 aliphatic carbocycles. The number of hydrogen-bond donors (Lipinski definition) is 1. The van der Waals surface area contributed by atoms with Gasteiger partial charge in [-0.15, -0.1) is 0 Å². The largest absolute Gasteiger partial charge is 0.488 e. The molecule has 1 heterocycles. The summed E-state index contributed by atoms with van der Waals surface area (Å²) in [5, 5.41) is 13.9. The van der Waals surface area contributed by atoms with Gasteiger partial charge < -0.3 is 9.84 Å². The molecule has 33 heavy (non-hydrogen) atoms. The molecule has 0 fully saturated rings. The van der Waals surface area contributed by atoms with E-state index >= 15 is 0 Å². The van der Waals surface area contributed by atoms with Crippen molar-refractivity contribution in [2.45, 2.75) is 13.5 Å². The fourth-order valence-corrected chi connectivity index (χ4v) is 4.06. The van der Waals surface area contributed by atoms with Gasteiger partial charge in [-0.2, -0.15) is 9.78 Å². The van der Waals surface area contributed by atoms with Gasteiger partial charge >= 0.3 is 5.97 Å². The van der Waals surface area contributed by atoms with Gasteiger partial charge in [0.05, 0.1) is 27.2 Å². The van der Waals surface area contributed by atoms with E-state index in [1.165, 1.54) is 10.7 Å². The van der Waals surface area contributed by atoms with E-state index in [1.807, 2.05) is 18.2 Å². The molecule has 0 spiro atoms. The summed E-state index contributed by atoms with van der Waals surface area (Å²) < 4.78 is 8.58. The Bertz CT molecular complexity index is 1460. The number of fused-ring (bicyclic) bond motifs is 1. The molecule has 166 valence electrons. The molecule has 0 saturated carbocycles. The van der Waals surface area contributed by atoms with Crippen LogP contribution in [0.5, 0.6) is 5.75 Å². The molecule has 0 atom stereocenters. The minimum Gasteiger partial charge on any atom is -0.488 e. The molecule has 1 N–H and O–H groups in total. The molecule has 9 heteroatoms. The number of carboxylic acid groups (broad SMARTS) is 1. The molecule has 0 aliphatic heterocycles. The molecule has 0 aliphatic rings. The van der Waals surface area contributed by atoms with Crippen LogP contribution in [0.1, 0.15) is 27.3 Å². The van der Waals surface area contributed by atoms with Gasteiger partial charge in [0.1, 0.15) is 18.2 Å². The van der Waals surface area contributed by atoms with Gasteiger partial charge in [0.15, 0.2) is 0 Å². The summed E-state index contributed by atoms with van der Waals surface area (Å²) in [6.45, 7) is 1.95. The van der Waals surface area contributed by atoms with E-state index in [4.69, 9.17) is 9.84 Å². The Kier molecular flexibility index (Phi) is 6.71. The van der Waals surface area contributed by atoms with Crippen LogP contribution in [-0.4, -0.2) is 27.0 Å². The summed E-state index contributed by atoms with van der Waals surface area (Å²) in [4.78, 5) is 28.4. The standard InChI is InChI=1S/C24H17Br2N3O4/c1-14-28-21-7-6-18(25)11-19(21)23(30)29(14)27-12-15-5-8-22(20(26)10-15)33-13-16-3-2-4-17(9-16)24(31)32/h2-12H,13H2,1H3,(H,31,32). The summed E-state index contributed by atoms with van der Waals surface area (Å²) in [6.07, 6.45) is 1.57. The highest BCUT2D eigenvalue weighted by Crippen LogP contribution is 2.26. The van der Waals surface area contributed by atoms with Crippen LogP contribution in [0.4, 0.5) is 0 Å². The molecule has 0 saturated heterocycles. The highest BCUT2D eigenvalue weighted by atomic mass is 79.9. The number of hydrogen-bond acceptors (Lipinski definition) is 5. The zero-order valence-electron chi connectivity index (χ0n) is 17.3. The molecule has 0 amide bonds. The number of aromatic carboxylic acids is 1. The highest BCUT2D eigenvalue weighted by molar-refractivity contribution is 9.10. The second-order valence-electron chi connectivity index (χ2n) is 7.17. The van der Waals surface area contributed by atoms with Gasteiger partial charge in [-0.25, -0.2) is 9.78 Å². The highest BCUT2D eigenvalue weighted by Gasteiger charge is 2.09. The van der Waals surface area contributed by atoms with Crippen LogP contribution >= 0.6 is 31.9 Å². The monoisotopic (exact) mass is 569 g/mol. The number of aromatic nitrogens is 2. The Morgan fingerprint density at radius 3 is 2.73 bits per heavy atom. The van der Waals surface area contributed by atoms with Gasteiger partial charge in [0.2, 0.25) is 0 Å². The first-order valence-electron chi connectivity index (χ1n) is 9.79. The fraction of sp³-hybridized carbons (Fsp3) is 0.0833. The number of nitrogens with zero attached hydrogens (tertiary/aromatic N) is 3. The van der Waals surface area contributed by atoms with Crippen LogP contribution in [0.2, 0.25) is 0 Å². The Morgan fingerprint density at radius 2 is 1.97 bits per heavy atom. The summed E-state index contributed by atoms with van der Waals surface area (Å²) in [6, 6.07) is 17.4. The predicted molar refractivity (Wildman–Crippen MR) is 133 cm³/mol. The van der Waals surface area contributed by atoms with Crippen LogP contribution in [0.25, 0.3) is 10.9 Å². The quantitative estimate of drug-likeness (QED) is 0.314. The Morgan fingerprint density at radius 1 is 1.15 bits per heavy atom. The second kappa shape index (κ2) is 9.68. The van der Waals surface area contributed by atoms with Crippen LogP contribution < -0.4 is 10.3 Å². The maximum absolute atomic E-state index is 12.9. The first-order valence-corrected chi connectivity index (χ1v) is 11.4. The third kappa shape index (κ3) is 5.20. The van der Waals surface area contributed by atoms with E-state index < -0.39 is 5.97 Å². The average Bonchev–Trinajstić information content (AvgIpc) is 2.79. The molecule has 4 rings (SSSR count). The lowest BCUT2D eigenvalue weighted by Gasteiger charge is -2.09. The van der Waals surface area contributed by atoms with Crippen molar-refractivity contribution in [1.29, 1.82) is 0 Å². The summed E-state index contributed by atoms with van der Waals surface area (Å²) in [5.74, 6) is 0.0948. The maximum Gasteiger partial charge on any atom is 0.335 e. The molecule has 3 aromatic carbocycles. The summed E-state index contributed by atoms with van der Waals surface area (Å²) >= 11 is 6.87. The summed E-state index contributed by atoms with van der Waals surface area (Å²) in [5.41, 5.74) is 2.08. The van der Waals surface area contributed by atoms with Crippen LogP contribution in [-0.2, 0) is 6.61 Å². The van der Waals surface area contributed by atoms with Crippen molar-refractivity contribution in [2.24, 2.45) is 5.10 Å². The van der Waals surface area contributed by atoms with E-state index in [0.29, 0.717) is 26.9 Å². The molecule has 0 radical (unpaired) electrons. The predicted octanol–water partition coefficient (Wildman–Crippen LogP) is 5.39. The summed E-state index contributed by atoms with van der Waals surface area (Å²) in [7, 11) is 0. The second-order valence-corrected chi connectivity index (χ2v) is 8.94. The lowest BCUT2D eigenvalue weighted by molar-refractivity contribution is 0.0696. The molecule has 4 aromatic rings. The molecule has 0 bridgehead atoms. The van der Waals surface area contributed by atoms with Crippen molar-refractivity contribution < 1.29 is 14.6 Å². The molecular formula is C24H17Br2N3O4. The molecule has 7 nitrogen and oxygen atoms in total. The number of aryl methyl sites for hydroxylation is 1. The van der Waals surface area contributed by atoms with E-state index in [2.05, 4.69) is 41.9 Å².